The lowest BCUT2D eigenvalue weighted by Crippen LogP contribution is -2.41. The van der Waals surface area contributed by atoms with Crippen LogP contribution >= 0.6 is 11.6 Å². The molecule has 1 fully saturated rings. The maximum Gasteiger partial charge on any atom is 0.244 e. The van der Waals surface area contributed by atoms with Crippen molar-refractivity contribution < 1.29 is 8.42 Å². The highest BCUT2D eigenvalue weighted by atomic mass is 35.5. The minimum Gasteiger partial charge on any atom is -0.349 e. The van der Waals surface area contributed by atoms with Crippen molar-refractivity contribution in [3.05, 3.63) is 18.0 Å². The molecular weight excluding hydrogens is 310 g/mol. The van der Waals surface area contributed by atoms with E-state index in [1.165, 1.54) is 0 Å². The van der Waals surface area contributed by atoms with E-state index in [4.69, 9.17) is 11.6 Å². The van der Waals surface area contributed by atoms with E-state index in [2.05, 4.69) is 0 Å². The second-order valence-electron chi connectivity index (χ2n) is 5.76. The molecule has 0 bridgehead atoms. The van der Waals surface area contributed by atoms with E-state index in [1.807, 2.05) is 30.5 Å². The lowest BCUT2D eigenvalue weighted by atomic mass is 10.2. The van der Waals surface area contributed by atoms with Crippen molar-refractivity contribution in [3.8, 4) is 0 Å². The highest BCUT2D eigenvalue weighted by Crippen LogP contribution is 2.28. The van der Waals surface area contributed by atoms with Gasteiger partial charge in [-0.3, -0.25) is 0 Å². The van der Waals surface area contributed by atoms with Gasteiger partial charge in [-0.05, 0) is 39.9 Å². The zero-order valence-corrected chi connectivity index (χ0v) is 14.5. The van der Waals surface area contributed by atoms with Gasteiger partial charge in [-0.25, -0.2) is 8.42 Å². The first-order valence-corrected chi connectivity index (χ1v) is 9.29. The first-order valence-electron chi connectivity index (χ1n) is 7.31. The fraction of sp³-hybridized carbons (Fsp3) is 0.714. The van der Waals surface area contributed by atoms with E-state index in [9.17, 15) is 8.42 Å². The van der Waals surface area contributed by atoms with Gasteiger partial charge >= 0.3 is 0 Å². The molecule has 21 heavy (non-hydrogen) atoms. The summed E-state index contributed by atoms with van der Waals surface area (Å²) in [5.74, 6) is 0.324. The summed E-state index contributed by atoms with van der Waals surface area (Å²) in [5.41, 5.74) is 0.848. The molecule has 1 unspecified atom stereocenters. The minimum absolute atomic E-state index is 0.0643. The highest BCUT2D eigenvalue weighted by Gasteiger charge is 2.36. The van der Waals surface area contributed by atoms with Gasteiger partial charge in [0.15, 0.2) is 0 Å². The van der Waals surface area contributed by atoms with E-state index in [1.54, 1.807) is 16.6 Å². The summed E-state index contributed by atoms with van der Waals surface area (Å²) in [6.07, 6.45) is 3.56. The average molecular weight is 334 g/mol. The molecule has 0 radical (unpaired) electrons. The number of likely N-dealkylation sites (N-methyl/N-ethyl adjacent to an activating group) is 1. The van der Waals surface area contributed by atoms with Crippen molar-refractivity contribution in [1.29, 1.82) is 0 Å². The maximum absolute atomic E-state index is 12.9. The molecule has 7 heteroatoms. The molecule has 1 atom stereocenters. The number of sulfonamides is 1. The second-order valence-corrected chi connectivity index (χ2v) is 7.92. The monoisotopic (exact) mass is 333 g/mol. The number of nitrogens with zero attached hydrogens (tertiary/aromatic N) is 3. The van der Waals surface area contributed by atoms with Gasteiger partial charge in [-0.15, -0.1) is 11.6 Å². The molecule has 0 amide bonds. The van der Waals surface area contributed by atoms with Crippen LogP contribution in [-0.4, -0.2) is 55.4 Å². The number of hydrogen-bond acceptors (Lipinski definition) is 3. The predicted molar refractivity (Wildman–Crippen MR) is 85.1 cm³/mol. The summed E-state index contributed by atoms with van der Waals surface area (Å²) in [7, 11) is 0.521. The summed E-state index contributed by atoms with van der Waals surface area (Å²) >= 11 is 5.90. The van der Waals surface area contributed by atoms with Gasteiger partial charge in [0.05, 0.1) is 5.88 Å². The van der Waals surface area contributed by atoms with Crippen molar-refractivity contribution in [1.82, 2.24) is 13.8 Å². The third-order valence-corrected chi connectivity index (χ3v) is 6.14. The van der Waals surface area contributed by atoms with Crippen LogP contribution in [-0.2, 0) is 22.4 Å². The average Bonchev–Trinajstić information content (AvgIpc) is 3.03. The summed E-state index contributed by atoms with van der Waals surface area (Å²) in [5, 5.41) is 0. The molecule has 1 aromatic rings. The molecule has 0 N–H and O–H groups in total. The van der Waals surface area contributed by atoms with Gasteiger partial charge < -0.3 is 9.47 Å². The highest BCUT2D eigenvalue weighted by molar-refractivity contribution is 7.89. The van der Waals surface area contributed by atoms with Gasteiger partial charge in [-0.2, -0.15) is 4.31 Å². The Morgan fingerprint density at radius 2 is 2.14 bits per heavy atom. The van der Waals surface area contributed by atoms with Gasteiger partial charge in [-0.1, -0.05) is 0 Å². The second kappa shape index (κ2) is 6.69. The SMILES string of the molecule is CCn1cc(S(=O)(=O)N2CCCC2CN(C)C)cc1CCl. The standard InChI is InChI=1S/C14H24ClN3O2S/c1-4-17-11-14(8-13(17)9-15)21(19,20)18-7-5-6-12(18)10-16(2)3/h8,11-12H,4-7,9-10H2,1-3H3. The number of aryl methyl sites for hydroxylation is 1. The summed E-state index contributed by atoms with van der Waals surface area (Å²) in [4.78, 5) is 2.41. The Hall–Kier alpha value is -0.560. The van der Waals surface area contributed by atoms with Crippen molar-refractivity contribution in [2.75, 3.05) is 27.2 Å². The number of alkyl halides is 1. The first kappa shape index (κ1) is 16.8. The summed E-state index contributed by atoms with van der Waals surface area (Å²) in [6, 6.07) is 1.77. The maximum atomic E-state index is 12.9. The number of aromatic nitrogens is 1. The Kier molecular flexibility index (Phi) is 5.35. The van der Waals surface area contributed by atoms with Crippen LogP contribution in [0.5, 0.6) is 0 Å². The molecule has 0 aliphatic carbocycles. The molecule has 5 nitrogen and oxygen atoms in total. The van der Waals surface area contributed by atoms with Crippen molar-refractivity contribution >= 4 is 21.6 Å². The Balaban J connectivity index is 2.30. The lowest BCUT2D eigenvalue weighted by Gasteiger charge is -2.26. The zero-order valence-electron chi connectivity index (χ0n) is 12.9. The van der Waals surface area contributed by atoms with E-state index >= 15 is 0 Å². The molecule has 120 valence electrons. The van der Waals surface area contributed by atoms with Crippen LogP contribution in [0.2, 0.25) is 0 Å². The smallest absolute Gasteiger partial charge is 0.244 e. The van der Waals surface area contributed by atoms with Crippen LogP contribution in [0, 0.1) is 0 Å². The normalized spacial score (nSPS) is 20.5. The number of hydrogen-bond donors (Lipinski definition) is 0. The van der Waals surface area contributed by atoms with E-state index < -0.39 is 10.0 Å². The van der Waals surface area contributed by atoms with Crippen molar-refractivity contribution in [2.45, 2.75) is 43.1 Å². The first-order chi connectivity index (χ1) is 9.90. The topological polar surface area (TPSA) is 45.6 Å². The molecule has 0 saturated carbocycles. The molecular formula is C14H24ClN3O2S. The lowest BCUT2D eigenvalue weighted by molar-refractivity contribution is 0.291. The number of rotatable bonds is 6. The van der Waals surface area contributed by atoms with Gasteiger partial charge in [0.25, 0.3) is 0 Å². The summed E-state index contributed by atoms with van der Waals surface area (Å²) < 4.78 is 29.3. The van der Waals surface area contributed by atoms with E-state index in [0.717, 1.165) is 31.6 Å². The van der Waals surface area contributed by atoms with Gasteiger partial charge in [0.1, 0.15) is 4.90 Å². The molecule has 1 aromatic heterocycles. The molecule has 1 saturated heterocycles. The third-order valence-electron chi connectivity index (χ3n) is 3.94. The molecule has 1 aliphatic rings. The number of halogens is 1. The van der Waals surface area contributed by atoms with Crippen LogP contribution in [0.3, 0.4) is 0 Å². The van der Waals surface area contributed by atoms with Crippen LogP contribution in [0.1, 0.15) is 25.5 Å². The van der Waals surface area contributed by atoms with E-state index in [0.29, 0.717) is 17.3 Å². The van der Waals surface area contributed by atoms with Gasteiger partial charge in [0.2, 0.25) is 10.0 Å². The molecule has 2 heterocycles. The van der Waals surface area contributed by atoms with Crippen molar-refractivity contribution in [2.24, 2.45) is 0 Å². The van der Waals surface area contributed by atoms with Crippen LogP contribution < -0.4 is 0 Å². The Morgan fingerprint density at radius 3 is 2.67 bits per heavy atom. The summed E-state index contributed by atoms with van der Waals surface area (Å²) in [6.45, 7) is 4.07. The molecule has 2 rings (SSSR count). The third kappa shape index (κ3) is 3.44. The molecule has 0 aromatic carbocycles. The molecule has 1 aliphatic heterocycles. The quantitative estimate of drug-likeness (QED) is 0.748. The minimum atomic E-state index is -3.43. The fourth-order valence-corrected chi connectivity index (χ4v) is 4.92. The van der Waals surface area contributed by atoms with Gasteiger partial charge in [0, 0.05) is 37.6 Å². The Labute approximate surface area is 132 Å². The fourth-order valence-electron chi connectivity index (χ4n) is 2.94. The Morgan fingerprint density at radius 1 is 1.43 bits per heavy atom. The zero-order chi connectivity index (χ0) is 15.6. The van der Waals surface area contributed by atoms with E-state index in [-0.39, 0.29) is 6.04 Å². The van der Waals surface area contributed by atoms with Crippen LogP contribution in [0.25, 0.3) is 0 Å². The largest absolute Gasteiger partial charge is 0.349 e. The van der Waals surface area contributed by atoms with Crippen LogP contribution in [0.15, 0.2) is 17.2 Å². The molecule has 0 spiro atoms. The van der Waals surface area contributed by atoms with Crippen LogP contribution in [0.4, 0.5) is 0 Å². The Bertz CT molecular complexity index is 562. The van der Waals surface area contributed by atoms with Crippen molar-refractivity contribution in [3.63, 3.8) is 0 Å². The predicted octanol–water partition coefficient (Wildman–Crippen LogP) is 1.96.